The number of Topliss-reactive ketones (excluding diaryl/α,β-unsaturated/α-hetero) is 1. The van der Waals surface area contributed by atoms with Gasteiger partial charge in [-0.05, 0) is 86.5 Å². The van der Waals surface area contributed by atoms with Gasteiger partial charge in [0.25, 0.3) is 11.7 Å². The minimum atomic E-state index is -0.809. The first-order valence-electron chi connectivity index (χ1n) is 13.0. The molecule has 3 aromatic carbocycles. The van der Waals surface area contributed by atoms with E-state index in [1.165, 1.54) is 4.90 Å². The molecule has 7 heteroatoms. The van der Waals surface area contributed by atoms with Crippen LogP contribution in [0.4, 0.5) is 11.4 Å². The van der Waals surface area contributed by atoms with E-state index < -0.39 is 17.7 Å². The highest BCUT2D eigenvalue weighted by Gasteiger charge is 2.47. The molecule has 1 atom stereocenters. The molecule has 0 saturated carbocycles. The van der Waals surface area contributed by atoms with Gasteiger partial charge in [0.05, 0.1) is 25.3 Å². The first kappa shape index (κ1) is 26.8. The highest BCUT2D eigenvalue weighted by atomic mass is 16.5. The summed E-state index contributed by atoms with van der Waals surface area (Å²) < 4.78 is 10.9. The lowest BCUT2D eigenvalue weighted by Gasteiger charge is -2.27. The molecule has 0 radical (unpaired) electrons. The number of aliphatic hydroxyl groups excluding tert-OH is 1. The smallest absolute Gasteiger partial charge is 0.300 e. The van der Waals surface area contributed by atoms with Crippen molar-refractivity contribution in [3.63, 3.8) is 0 Å². The number of nitrogens with zero attached hydrogens (tertiary/aromatic N) is 2. The Hall–Kier alpha value is -4.26. The Bertz CT molecular complexity index is 1290. The van der Waals surface area contributed by atoms with Gasteiger partial charge in [-0.1, -0.05) is 19.1 Å². The molecule has 4 rings (SSSR count). The van der Waals surface area contributed by atoms with E-state index in [4.69, 9.17) is 9.47 Å². The molecule has 1 aliphatic heterocycles. The summed E-state index contributed by atoms with van der Waals surface area (Å²) >= 11 is 0. The van der Waals surface area contributed by atoms with Crippen LogP contribution in [0.5, 0.6) is 11.5 Å². The zero-order valence-corrected chi connectivity index (χ0v) is 22.3. The summed E-state index contributed by atoms with van der Waals surface area (Å²) in [5.74, 6) is -0.331. The van der Waals surface area contributed by atoms with Crippen LogP contribution in [-0.4, -0.2) is 43.6 Å². The Morgan fingerprint density at radius 2 is 1.47 bits per heavy atom. The number of amides is 1. The maximum absolute atomic E-state index is 13.4. The van der Waals surface area contributed by atoms with Crippen molar-refractivity contribution in [2.24, 2.45) is 0 Å². The van der Waals surface area contributed by atoms with E-state index in [1.54, 1.807) is 43.5 Å². The van der Waals surface area contributed by atoms with E-state index in [1.807, 2.05) is 43.3 Å². The summed E-state index contributed by atoms with van der Waals surface area (Å²) in [7, 11) is 1.58. The van der Waals surface area contributed by atoms with Crippen LogP contribution in [0.1, 0.15) is 44.4 Å². The summed E-state index contributed by atoms with van der Waals surface area (Å²) in [5, 5.41) is 11.4. The molecule has 3 aromatic rings. The van der Waals surface area contributed by atoms with Gasteiger partial charge in [0.15, 0.2) is 0 Å². The van der Waals surface area contributed by atoms with Crippen LogP contribution in [0.2, 0.25) is 0 Å². The number of hydrogen-bond donors (Lipinski definition) is 1. The molecule has 1 N–H and O–H groups in total. The Morgan fingerprint density at radius 3 is 2.03 bits per heavy atom. The Labute approximate surface area is 223 Å². The van der Waals surface area contributed by atoms with Gasteiger partial charge < -0.3 is 19.5 Å². The normalized spacial score (nSPS) is 16.5. The summed E-state index contributed by atoms with van der Waals surface area (Å²) in [4.78, 5) is 30.5. The Kier molecular flexibility index (Phi) is 8.36. The van der Waals surface area contributed by atoms with Gasteiger partial charge in [-0.25, -0.2) is 0 Å². The number of carbonyl (C=O) groups excluding carboxylic acids is 2. The molecule has 1 amide bonds. The van der Waals surface area contributed by atoms with Gasteiger partial charge in [-0.2, -0.15) is 0 Å². The third-order valence-corrected chi connectivity index (χ3v) is 6.73. The average molecular weight is 515 g/mol. The molecule has 38 heavy (non-hydrogen) atoms. The number of rotatable bonds is 10. The van der Waals surface area contributed by atoms with Crippen LogP contribution in [0, 0.1) is 0 Å². The second kappa shape index (κ2) is 11.9. The van der Waals surface area contributed by atoms with Crippen molar-refractivity contribution in [1.82, 2.24) is 0 Å². The number of hydrogen-bond acceptors (Lipinski definition) is 6. The molecule has 0 aromatic heterocycles. The fourth-order valence-electron chi connectivity index (χ4n) is 4.70. The summed E-state index contributed by atoms with van der Waals surface area (Å²) in [5.41, 5.74) is 2.76. The second-order valence-corrected chi connectivity index (χ2v) is 9.00. The average Bonchev–Trinajstić information content (AvgIpc) is 3.22. The van der Waals surface area contributed by atoms with Crippen molar-refractivity contribution >= 4 is 28.8 Å². The van der Waals surface area contributed by atoms with Crippen LogP contribution in [0.25, 0.3) is 5.76 Å². The van der Waals surface area contributed by atoms with Crippen molar-refractivity contribution in [2.45, 2.75) is 33.2 Å². The number of benzene rings is 3. The Balaban J connectivity index is 1.81. The highest BCUT2D eigenvalue weighted by Crippen LogP contribution is 2.43. The lowest BCUT2D eigenvalue weighted by molar-refractivity contribution is -0.132. The van der Waals surface area contributed by atoms with E-state index in [0.29, 0.717) is 34.9 Å². The number of ether oxygens (including phenoxy) is 2. The first-order chi connectivity index (χ1) is 18.4. The molecule has 0 spiro atoms. The van der Waals surface area contributed by atoms with Crippen LogP contribution in [0.3, 0.4) is 0 Å². The number of carbonyl (C=O) groups is 2. The second-order valence-electron chi connectivity index (χ2n) is 9.00. The quantitative estimate of drug-likeness (QED) is 0.204. The number of ketones is 1. The molecule has 1 heterocycles. The van der Waals surface area contributed by atoms with Gasteiger partial charge in [0, 0.05) is 30.0 Å². The zero-order valence-electron chi connectivity index (χ0n) is 22.3. The molecule has 1 saturated heterocycles. The van der Waals surface area contributed by atoms with Gasteiger partial charge >= 0.3 is 0 Å². The zero-order chi connectivity index (χ0) is 27.2. The molecular weight excluding hydrogens is 480 g/mol. The van der Waals surface area contributed by atoms with Crippen LogP contribution >= 0.6 is 0 Å². The fourth-order valence-corrected chi connectivity index (χ4v) is 4.70. The summed E-state index contributed by atoms with van der Waals surface area (Å²) in [6.45, 7) is 8.49. The van der Waals surface area contributed by atoms with E-state index in [0.717, 1.165) is 25.2 Å². The fraction of sp³-hybridized carbons (Fsp3) is 0.290. The largest absolute Gasteiger partial charge is 0.507 e. The summed E-state index contributed by atoms with van der Waals surface area (Å²) in [6, 6.07) is 20.8. The lowest BCUT2D eigenvalue weighted by Crippen LogP contribution is -2.29. The predicted octanol–water partition coefficient (Wildman–Crippen LogP) is 5.96. The number of methoxy groups -OCH3 is 1. The number of anilines is 2. The van der Waals surface area contributed by atoms with Gasteiger partial charge in [0.2, 0.25) is 0 Å². The lowest BCUT2D eigenvalue weighted by atomic mass is 9.95. The van der Waals surface area contributed by atoms with E-state index in [-0.39, 0.29) is 11.3 Å². The molecule has 1 fully saturated rings. The van der Waals surface area contributed by atoms with Gasteiger partial charge in [0.1, 0.15) is 17.3 Å². The Morgan fingerprint density at radius 1 is 0.868 bits per heavy atom. The summed E-state index contributed by atoms with van der Waals surface area (Å²) in [6.07, 6.45) is 0.878. The van der Waals surface area contributed by atoms with Crippen molar-refractivity contribution in [3.05, 3.63) is 89.5 Å². The van der Waals surface area contributed by atoms with Crippen molar-refractivity contribution in [1.29, 1.82) is 0 Å². The topological polar surface area (TPSA) is 79.3 Å². The highest BCUT2D eigenvalue weighted by molar-refractivity contribution is 6.51. The van der Waals surface area contributed by atoms with E-state index in [2.05, 4.69) is 18.7 Å². The third-order valence-electron chi connectivity index (χ3n) is 6.73. The maximum Gasteiger partial charge on any atom is 0.300 e. The van der Waals surface area contributed by atoms with E-state index >= 15 is 0 Å². The van der Waals surface area contributed by atoms with Gasteiger partial charge in [-0.15, -0.1) is 0 Å². The maximum atomic E-state index is 13.4. The monoisotopic (exact) mass is 514 g/mol. The molecule has 0 aliphatic carbocycles. The van der Waals surface area contributed by atoms with E-state index in [9.17, 15) is 14.7 Å². The molecular formula is C31H34N2O5. The van der Waals surface area contributed by atoms with Crippen molar-refractivity contribution < 1.29 is 24.2 Å². The van der Waals surface area contributed by atoms with Crippen LogP contribution in [-0.2, 0) is 9.59 Å². The SMILES string of the molecule is CCCOc1ccc(/C(O)=C2\C(=O)C(=O)N(c3ccc(N(CC)CC)cc3)C2c2ccc(OC)cc2)cc1. The molecule has 198 valence electrons. The standard InChI is InChI=1S/C31H34N2O5/c1-5-20-38-26-18-10-22(11-19-26)29(34)27-28(21-8-16-25(37-4)17-9-21)33(31(36)30(27)35)24-14-12-23(13-15-24)32(6-2)7-3/h8-19,28,34H,5-7,20H2,1-4H3/b29-27+. The number of aliphatic hydroxyl groups is 1. The molecule has 7 nitrogen and oxygen atoms in total. The molecule has 1 unspecified atom stereocenters. The van der Waals surface area contributed by atoms with Crippen molar-refractivity contribution in [2.75, 3.05) is 36.6 Å². The molecule has 0 bridgehead atoms. The minimum absolute atomic E-state index is 0.0372. The molecule has 1 aliphatic rings. The van der Waals surface area contributed by atoms with Crippen LogP contribution in [0.15, 0.2) is 78.4 Å². The first-order valence-corrected chi connectivity index (χ1v) is 13.0. The van der Waals surface area contributed by atoms with Gasteiger partial charge in [-0.3, -0.25) is 14.5 Å². The van der Waals surface area contributed by atoms with Crippen LogP contribution < -0.4 is 19.3 Å². The third kappa shape index (κ3) is 5.23. The predicted molar refractivity (Wildman–Crippen MR) is 150 cm³/mol. The van der Waals surface area contributed by atoms with Crippen molar-refractivity contribution in [3.8, 4) is 11.5 Å². The minimum Gasteiger partial charge on any atom is -0.507 e.